The van der Waals surface area contributed by atoms with Gasteiger partial charge in [-0.05, 0) is 49.9 Å². The highest BCUT2D eigenvalue weighted by molar-refractivity contribution is 6.31. The van der Waals surface area contributed by atoms with Gasteiger partial charge in [-0.2, -0.15) is 0 Å². The Labute approximate surface area is 112 Å². The van der Waals surface area contributed by atoms with Gasteiger partial charge in [0.15, 0.2) is 0 Å². The zero-order valence-electron chi connectivity index (χ0n) is 10.6. The molecule has 0 aliphatic heterocycles. The first kappa shape index (κ1) is 15.4. The van der Waals surface area contributed by atoms with E-state index in [9.17, 15) is 4.39 Å². The summed E-state index contributed by atoms with van der Waals surface area (Å²) in [7, 11) is 0. The van der Waals surface area contributed by atoms with Gasteiger partial charge in [0.2, 0.25) is 0 Å². The number of nitrogens with two attached hydrogens (primary N) is 1. The molecule has 1 unspecified atom stereocenters. The second kappa shape index (κ2) is 8.43. The van der Waals surface area contributed by atoms with Gasteiger partial charge in [-0.25, -0.2) is 4.39 Å². The van der Waals surface area contributed by atoms with Gasteiger partial charge in [-0.1, -0.05) is 11.6 Å². The lowest BCUT2D eigenvalue weighted by Crippen LogP contribution is -2.37. The van der Waals surface area contributed by atoms with Crippen molar-refractivity contribution >= 4 is 11.6 Å². The number of hydrogen-bond donors (Lipinski definition) is 2. The fraction of sp³-hybridized carbons (Fsp3) is 0.538. The molecule has 18 heavy (non-hydrogen) atoms. The van der Waals surface area contributed by atoms with E-state index < -0.39 is 0 Å². The number of halogens is 2. The molecule has 0 fully saturated rings. The third kappa shape index (κ3) is 5.31. The molecule has 1 atom stereocenters. The molecule has 0 spiro atoms. The molecule has 1 aromatic rings. The Kier molecular flexibility index (Phi) is 7.20. The molecule has 0 bridgehead atoms. The van der Waals surface area contributed by atoms with Crippen LogP contribution in [0.15, 0.2) is 18.2 Å². The van der Waals surface area contributed by atoms with E-state index in [-0.39, 0.29) is 11.9 Å². The number of ether oxygens (including phenoxy) is 1. The highest BCUT2D eigenvalue weighted by Gasteiger charge is 2.11. The Hall–Kier alpha value is -0.680. The van der Waals surface area contributed by atoms with Crippen LogP contribution in [-0.2, 0) is 11.2 Å². The van der Waals surface area contributed by atoms with Crippen molar-refractivity contribution in [2.24, 2.45) is 5.84 Å². The average molecular weight is 275 g/mol. The van der Waals surface area contributed by atoms with E-state index >= 15 is 0 Å². The summed E-state index contributed by atoms with van der Waals surface area (Å²) in [4.78, 5) is 0. The smallest absolute Gasteiger partial charge is 0.123 e. The molecule has 0 aromatic heterocycles. The van der Waals surface area contributed by atoms with Crippen molar-refractivity contribution in [2.45, 2.75) is 32.2 Å². The van der Waals surface area contributed by atoms with E-state index in [0.717, 1.165) is 25.0 Å². The molecular weight excluding hydrogens is 255 g/mol. The van der Waals surface area contributed by atoms with Crippen LogP contribution in [0.5, 0.6) is 0 Å². The van der Waals surface area contributed by atoms with E-state index in [1.54, 1.807) is 6.07 Å². The van der Waals surface area contributed by atoms with Crippen molar-refractivity contribution in [2.75, 3.05) is 13.2 Å². The van der Waals surface area contributed by atoms with Gasteiger partial charge in [-0.3, -0.25) is 11.3 Å². The van der Waals surface area contributed by atoms with Crippen molar-refractivity contribution < 1.29 is 9.13 Å². The van der Waals surface area contributed by atoms with Crippen LogP contribution >= 0.6 is 11.6 Å². The summed E-state index contributed by atoms with van der Waals surface area (Å²) in [5.74, 6) is 5.22. The van der Waals surface area contributed by atoms with Crippen LogP contribution in [0.4, 0.5) is 4.39 Å². The Balaban J connectivity index is 2.48. The van der Waals surface area contributed by atoms with Crippen LogP contribution in [0.3, 0.4) is 0 Å². The normalized spacial score (nSPS) is 12.7. The molecule has 0 aliphatic rings. The maximum absolute atomic E-state index is 13.1. The van der Waals surface area contributed by atoms with Crippen molar-refractivity contribution in [1.82, 2.24) is 5.43 Å². The standard InChI is InChI=1S/C13H20ClFN2O/c1-2-18-7-3-4-12(17-16)9-10-8-11(15)5-6-13(10)14/h5-6,8,12,17H,2-4,7,9,16H2,1H3. The molecular formula is C13H20ClFN2O. The number of hydrogen-bond acceptors (Lipinski definition) is 3. The zero-order chi connectivity index (χ0) is 13.4. The Morgan fingerprint density at radius 2 is 2.28 bits per heavy atom. The van der Waals surface area contributed by atoms with E-state index in [4.69, 9.17) is 22.2 Å². The largest absolute Gasteiger partial charge is 0.382 e. The Morgan fingerprint density at radius 3 is 2.94 bits per heavy atom. The summed E-state index contributed by atoms with van der Waals surface area (Å²) in [5.41, 5.74) is 3.51. The predicted molar refractivity (Wildman–Crippen MR) is 72.0 cm³/mol. The molecule has 1 aromatic carbocycles. The predicted octanol–water partition coefficient (Wildman–Crippen LogP) is 2.67. The number of hydrazine groups is 1. The van der Waals surface area contributed by atoms with Crippen LogP contribution in [0, 0.1) is 5.82 Å². The fourth-order valence-corrected chi connectivity index (χ4v) is 1.98. The molecule has 0 saturated heterocycles. The lowest BCUT2D eigenvalue weighted by molar-refractivity contribution is 0.140. The quantitative estimate of drug-likeness (QED) is 0.435. The van der Waals surface area contributed by atoms with Gasteiger partial charge in [0.25, 0.3) is 0 Å². The van der Waals surface area contributed by atoms with Crippen molar-refractivity contribution in [3.05, 3.63) is 34.6 Å². The second-order valence-corrected chi connectivity index (χ2v) is 4.55. The minimum Gasteiger partial charge on any atom is -0.382 e. The molecule has 0 saturated carbocycles. The number of rotatable bonds is 8. The first-order valence-electron chi connectivity index (χ1n) is 6.15. The Bertz CT molecular complexity index is 363. The fourth-order valence-electron chi connectivity index (χ4n) is 1.79. The number of nitrogens with one attached hydrogen (secondary N) is 1. The van der Waals surface area contributed by atoms with E-state index in [1.807, 2.05) is 6.92 Å². The minimum absolute atomic E-state index is 0.0738. The van der Waals surface area contributed by atoms with Gasteiger partial charge >= 0.3 is 0 Å². The van der Waals surface area contributed by atoms with Crippen LogP contribution in [0.25, 0.3) is 0 Å². The summed E-state index contributed by atoms with van der Waals surface area (Å²) >= 11 is 6.02. The molecule has 5 heteroatoms. The average Bonchev–Trinajstić information content (AvgIpc) is 2.37. The first-order valence-corrected chi connectivity index (χ1v) is 6.53. The van der Waals surface area contributed by atoms with Crippen molar-refractivity contribution in [1.29, 1.82) is 0 Å². The van der Waals surface area contributed by atoms with Gasteiger partial charge in [0.05, 0.1) is 0 Å². The Morgan fingerprint density at radius 1 is 1.50 bits per heavy atom. The summed E-state index contributed by atoms with van der Waals surface area (Å²) in [6.45, 7) is 3.40. The third-order valence-corrected chi connectivity index (χ3v) is 3.12. The van der Waals surface area contributed by atoms with E-state index in [0.29, 0.717) is 18.1 Å². The lowest BCUT2D eigenvalue weighted by atomic mass is 10.0. The van der Waals surface area contributed by atoms with Gasteiger partial charge in [0, 0.05) is 24.3 Å². The van der Waals surface area contributed by atoms with Crippen LogP contribution in [0.2, 0.25) is 5.02 Å². The maximum Gasteiger partial charge on any atom is 0.123 e. The molecule has 1 rings (SSSR count). The zero-order valence-corrected chi connectivity index (χ0v) is 11.3. The molecule has 0 aliphatic carbocycles. The highest BCUT2D eigenvalue weighted by Crippen LogP contribution is 2.19. The maximum atomic E-state index is 13.1. The van der Waals surface area contributed by atoms with E-state index in [2.05, 4.69) is 5.43 Å². The summed E-state index contributed by atoms with van der Waals surface area (Å²) < 4.78 is 18.4. The molecule has 3 nitrogen and oxygen atoms in total. The van der Waals surface area contributed by atoms with Gasteiger partial charge < -0.3 is 4.74 Å². The van der Waals surface area contributed by atoms with Gasteiger partial charge in [-0.15, -0.1) is 0 Å². The minimum atomic E-state index is -0.278. The molecule has 0 radical (unpaired) electrons. The third-order valence-electron chi connectivity index (χ3n) is 2.76. The van der Waals surface area contributed by atoms with Gasteiger partial charge in [0.1, 0.15) is 5.82 Å². The summed E-state index contributed by atoms with van der Waals surface area (Å²) in [5, 5.41) is 0.571. The topological polar surface area (TPSA) is 47.3 Å². The highest BCUT2D eigenvalue weighted by atomic mass is 35.5. The van der Waals surface area contributed by atoms with Crippen LogP contribution < -0.4 is 11.3 Å². The monoisotopic (exact) mass is 274 g/mol. The SMILES string of the molecule is CCOCCCC(Cc1cc(F)ccc1Cl)NN. The van der Waals surface area contributed by atoms with Crippen LogP contribution in [-0.4, -0.2) is 19.3 Å². The van der Waals surface area contributed by atoms with Crippen molar-refractivity contribution in [3.63, 3.8) is 0 Å². The first-order chi connectivity index (χ1) is 8.67. The number of benzene rings is 1. The molecule has 102 valence electrons. The summed E-state index contributed by atoms with van der Waals surface area (Å²) in [6.07, 6.45) is 2.39. The summed E-state index contributed by atoms with van der Waals surface area (Å²) in [6, 6.07) is 4.45. The molecule has 0 amide bonds. The van der Waals surface area contributed by atoms with Crippen molar-refractivity contribution in [3.8, 4) is 0 Å². The second-order valence-electron chi connectivity index (χ2n) is 4.14. The van der Waals surface area contributed by atoms with Crippen LogP contribution in [0.1, 0.15) is 25.3 Å². The molecule has 0 heterocycles. The lowest BCUT2D eigenvalue weighted by Gasteiger charge is -2.16. The van der Waals surface area contributed by atoms with E-state index in [1.165, 1.54) is 12.1 Å². The molecule has 3 N–H and O–H groups in total.